The number of hydrogen-bond donors (Lipinski definition) is 3. The molecule has 0 aliphatic heterocycles. The molecule has 2 amide bonds. The SMILES string of the molecule is CCCC(N)CC(=O)NCC(=O)NCc1ccccc1. The van der Waals surface area contributed by atoms with Crippen LogP contribution in [-0.4, -0.2) is 24.4 Å². The van der Waals surface area contributed by atoms with Crippen molar-refractivity contribution in [3.8, 4) is 0 Å². The molecule has 0 aliphatic carbocycles. The average Bonchev–Trinajstić information content (AvgIpc) is 2.44. The lowest BCUT2D eigenvalue weighted by molar-refractivity contribution is -0.126. The maximum atomic E-state index is 11.6. The van der Waals surface area contributed by atoms with E-state index < -0.39 is 0 Å². The maximum absolute atomic E-state index is 11.6. The first-order valence-corrected chi connectivity index (χ1v) is 6.94. The van der Waals surface area contributed by atoms with E-state index in [9.17, 15) is 9.59 Å². The summed E-state index contributed by atoms with van der Waals surface area (Å²) in [6.07, 6.45) is 2.03. The van der Waals surface area contributed by atoms with Crippen LogP contribution in [0.15, 0.2) is 30.3 Å². The summed E-state index contributed by atoms with van der Waals surface area (Å²) in [5, 5.41) is 5.32. The Balaban J connectivity index is 2.18. The van der Waals surface area contributed by atoms with Gasteiger partial charge in [0.1, 0.15) is 0 Å². The van der Waals surface area contributed by atoms with Crippen molar-refractivity contribution < 1.29 is 9.59 Å². The molecule has 0 fully saturated rings. The largest absolute Gasteiger partial charge is 0.350 e. The molecular formula is C15H23N3O2. The van der Waals surface area contributed by atoms with Crippen LogP contribution in [0.4, 0.5) is 0 Å². The molecule has 0 spiro atoms. The zero-order valence-electron chi connectivity index (χ0n) is 11.9. The Morgan fingerprint density at radius 1 is 1.15 bits per heavy atom. The summed E-state index contributed by atoms with van der Waals surface area (Å²) in [6.45, 7) is 2.48. The Labute approximate surface area is 119 Å². The van der Waals surface area contributed by atoms with Gasteiger partial charge in [0.25, 0.3) is 0 Å². The number of carbonyl (C=O) groups excluding carboxylic acids is 2. The third-order valence-electron chi connectivity index (χ3n) is 2.89. The van der Waals surface area contributed by atoms with E-state index in [2.05, 4.69) is 10.6 Å². The van der Waals surface area contributed by atoms with Crippen molar-refractivity contribution in [2.24, 2.45) is 5.73 Å². The molecule has 1 aromatic carbocycles. The van der Waals surface area contributed by atoms with Gasteiger partial charge in [0.15, 0.2) is 0 Å². The summed E-state index contributed by atoms with van der Waals surface area (Å²) in [5.41, 5.74) is 6.79. The number of amides is 2. The Kier molecular flexibility index (Phi) is 7.35. The molecule has 1 rings (SSSR count). The molecule has 0 radical (unpaired) electrons. The smallest absolute Gasteiger partial charge is 0.239 e. The zero-order chi connectivity index (χ0) is 14.8. The quantitative estimate of drug-likeness (QED) is 0.661. The summed E-state index contributed by atoms with van der Waals surface area (Å²) < 4.78 is 0. The van der Waals surface area contributed by atoms with Gasteiger partial charge in [0.05, 0.1) is 6.54 Å². The Morgan fingerprint density at radius 3 is 2.50 bits per heavy atom. The minimum atomic E-state index is -0.203. The lowest BCUT2D eigenvalue weighted by Gasteiger charge is -2.10. The highest BCUT2D eigenvalue weighted by Crippen LogP contribution is 1.98. The molecule has 0 saturated carbocycles. The Morgan fingerprint density at radius 2 is 1.85 bits per heavy atom. The van der Waals surface area contributed by atoms with Crippen LogP contribution in [0.5, 0.6) is 0 Å². The molecule has 110 valence electrons. The highest BCUT2D eigenvalue weighted by molar-refractivity contribution is 5.84. The van der Waals surface area contributed by atoms with Crippen LogP contribution in [0, 0.1) is 0 Å². The molecule has 4 N–H and O–H groups in total. The van der Waals surface area contributed by atoms with E-state index in [4.69, 9.17) is 5.73 Å². The summed E-state index contributed by atoms with van der Waals surface area (Å²) >= 11 is 0. The molecule has 1 unspecified atom stereocenters. The third-order valence-corrected chi connectivity index (χ3v) is 2.89. The van der Waals surface area contributed by atoms with E-state index in [1.807, 2.05) is 37.3 Å². The molecule has 5 nitrogen and oxygen atoms in total. The van der Waals surface area contributed by atoms with Crippen molar-refractivity contribution in [3.05, 3.63) is 35.9 Å². The highest BCUT2D eigenvalue weighted by atomic mass is 16.2. The van der Waals surface area contributed by atoms with Crippen molar-refractivity contribution in [2.75, 3.05) is 6.54 Å². The van der Waals surface area contributed by atoms with Crippen LogP contribution in [0.1, 0.15) is 31.7 Å². The predicted octanol–water partition coefficient (Wildman–Crippen LogP) is 0.937. The van der Waals surface area contributed by atoms with Crippen LogP contribution in [0.25, 0.3) is 0 Å². The fraction of sp³-hybridized carbons (Fsp3) is 0.467. The van der Waals surface area contributed by atoms with E-state index in [1.165, 1.54) is 0 Å². The first-order chi connectivity index (χ1) is 9.61. The van der Waals surface area contributed by atoms with Crippen molar-refractivity contribution in [1.29, 1.82) is 0 Å². The first kappa shape index (κ1) is 16.2. The standard InChI is InChI=1S/C15H23N3O2/c1-2-6-13(16)9-14(19)18-11-15(20)17-10-12-7-4-3-5-8-12/h3-5,7-8,13H,2,6,9-11,16H2,1H3,(H,17,20)(H,18,19). The van der Waals surface area contributed by atoms with Crippen molar-refractivity contribution >= 4 is 11.8 Å². The summed E-state index contributed by atoms with van der Waals surface area (Å²) in [6, 6.07) is 9.49. The Hall–Kier alpha value is -1.88. The lowest BCUT2D eigenvalue weighted by Crippen LogP contribution is -2.38. The summed E-state index contributed by atoms with van der Waals surface area (Å²) in [7, 11) is 0. The number of nitrogens with two attached hydrogens (primary N) is 1. The topological polar surface area (TPSA) is 84.2 Å². The van der Waals surface area contributed by atoms with Gasteiger partial charge >= 0.3 is 0 Å². The van der Waals surface area contributed by atoms with Gasteiger partial charge in [-0.05, 0) is 12.0 Å². The number of rotatable bonds is 8. The van der Waals surface area contributed by atoms with Crippen molar-refractivity contribution in [1.82, 2.24) is 10.6 Å². The van der Waals surface area contributed by atoms with E-state index in [-0.39, 0.29) is 30.8 Å². The Bertz CT molecular complexity index is 420. The number of benzene rings is 1. The molecular weight excluding hydrogens is 254 g/mol. The predicted molar refractivity (Wildman–Crippen MR) is 78.8 cm³/mol. The van der Waals surface area contributed by atoms with E-state index in [0.717, 1.165) is 18.4 Å². The van der Waals surface area contributed by atoms with Crippen LogP contribution < -0.4 is 16.4 Å². The molecule has 0 aromatic heterocycles. The van der Waals surface area contributed by atoms with Crippen LogP contribution >= 0.6 is 0 Å². The van der Waals surface area contributed by atoms with E-state index in [1.54, 1.807) is 0 Å². The van der Waals surface area contributed by atoms with Gasteiger partial charge in [0, 0.05) is 19.0 Å². The fourth-order valence-corrected chi connectivity index (χ4v) is 1.82. The minimum Gasteiger partial charge on any atom is -0.350 e. The van der Waals surface area contributed by atoms with E-state index >= 15 is 0 Å². The lowest BCUT2D eigenvalue weighted by atomic mass is 10.1. The molecule has 0 bridgehead atoms. The molecule has 0 aliphatic rings. The van der Waals surface area contributed by atoms with Gasteiger partial charge < -0.3 is 16.4 Å². The second-order valence-electron chi connectivity index (χ2n) is 4.79. The van der Waals surface area contributed by atoms with Gasteiger partial charge in [-0.15, -0.1) is 0 Å². The monoisotopic (exact) mass is 277 g/mol. The number of carbonyl (C=O) groups is 2. The normalized spacial score (nSPS) is 11.7. The molecule has 20 heavy (non-hydrogen) atoms. The van der Waals surface area contributed by atoms with Gasteiger partial charge in [-0.3, -0.25) is 9.59 Å². The molecule has 1 atom stereocenters. The zero-order valence-corrected chi connectivity index (χ0v) is 11.9. The molecule has 0 saturated heterocycles. The van der Waals surface area contributed by atoms with Crippen LogP contribution in [-0.2, 0) is 16.1 Å². The number of hydrogen-bond acceptors (Lipinski definition) is 3. The number of nitrogens with one attached hydrogen (secondary N) is 2. The third kappa shape index (κ3) is 6.89. The second kappa shape index (κ2) is 9.09. The minimum absolute atomic E-state index is 0.00941. The molecule has 5 heteroatoms. The van der Waals surface area contributed by atoms with E-state index in [0.29, 0.717) is 6.54 Å². The molecule has 0 heterocycles. The van der Waals surface area contributed by atoms with Crippen LogP contribution in [0.2, 0.25) is 0 Å². The first-order valence-electron chi connectivity index (χ1n) is 6.94. The summed E-state index contributed by atoms with van der Waals surface area (Å²) in [5.74, 6) is -0.382. The van der Waals surface area contributed by atoms with Crippen molar-refractivity contribution in [2.45, 2.75) is 38.8 Å². The van der Waals surface area contributed by atoms with Gasteiger partial charge in [0.2, 0.25) is 11.8 Å². The average molecular weight is 277 g/mol. The summed E-state index contributed by atoms with van der Waals surface area (Å²) in [4.78, 5) is 23.1. The fourth-order valence-electron chi connectivity index (χ4n) is 1.82. The second-order valence-corrected chi connectivity index (χ2v) is 4.79. The molecule has 1 aromatic rings. The van der Waals surface area contributed by atoms with Crippen molar-refractivity contribution in [3.63, 3.8) is 0 Å². The maximum Gasteiger partial charge on any atom is 0.239 e. The van der Waals surface area contributed by atoms with Gasteiger partial charge in [-0.25, -0.2) is 0 Å². The van der Waals surface area contributed by atoms with Gasteiger partial charge in [-0.2, -0.15) is 0 Å². The van der Waals surface area contributed by atoms with Crippen LogP contribution in [0.3, 0.4) is 0 Å². The van der Waals surface area contributed by atoms with Gasteiger partial charge in [-0.1, -0.05) is 43.7 Å². The highest BCUT2D eigenvalue weighted by Gasteiger charge is 2.09.